The molecule has 0 bridgehead atoms. The molecule has 0 aromatic heterocycles. The lowest BCUT2D eigenvalue weighted by atomic mass is 10.2. The SMILES string of the molecule is CCCN(CCO)SCC1(C)CC1. The van der Waals surface area contributed by atoms with Gasteiger partial charge < -0.3 is 5.11 Å². The van der Waals surface area contributed by atoms with Crippen molar-refractivity contribution in [2.24, 2.45) is 5.41 Å². The molecular weight excluding hydrogens is 182 g/mol. The molecule has 78 valence electrons. The second-order valence-electron chi connectivity index (χ2n) is 4.24. The van der Waals surface area contributed by atoms with Gasteiger partial charge >= 0.3 is 0 Å². The second kappa shape index (κ2) is 5.23. The molecule has 3 heteroatoms. The minimum absolute atomic E-state index is 0.281. The van der Waals surface area contributed by atoms with Crippen molar-refractivity contribution in [3.05, 3.63) is 0 Å². The molecule has 0 aliphatic heterocycles. The first-order valence-electron chi connectivity index (χ1n) is 5.19. The molecule has 13 heavy (non-hydrogen) atoms. The Morgan fingerprint density at radius 3 is 2.54 bits per heavy atom. The smallest absolute Gasteiger partial charge is 0.0567 e. The molecule has 0 heterocycles. The van der Waals surface area contributed by atoms with Crippen molar-refractivity contribution < 1.29 is 5.11 Å². The zero-order valence-corrected chi connectivity index (χ0v) is 9.57. The lowest BCUT2D eigenvalue weighted by Crippen LogP contribution is -2.22. The van der Waals surface area contributed by atoms with Crippen LogP contribution in [0.25, 0.3) is 0 Å². The highest BCUT2D eigenvalue weighted by molar-refractivity contribution is 7.97. The topological polar surface area (TPSA) is 23.5 Å². The maximum Gasteiger partial charge on any atom is 0.0567 e. The standard InChI is InChI=1S/C10H21NOS/c1-3-6-11(7-8-12)13-9-10(2)4-5-10/h12H,3-9H2,1-2H3. The zero-order valence-electron chi connectivity index (χ0n) is 8.75. The Morgan fingerprint density at radius 1 is 1.38 bits per heavy atom. The van der Waals surface area contributed by atoms with Crippen LogP contribution in [0.15, 0.2) is 0 Å². The van der Waals surface area contributed by atoms with Crippen LogP contribution in [-0.4, -0.2) is 34.9 Å². The third-order valence-electron chi connectivity index (χ3n) is 2.52. The van der Waals surface area contributed by atoms with Crippen LogP contribution in [0.4, 0.5) is 0 Å². The van der Waals surface area contributed by atoms with Gasteiger partial charge in [-0.15, -0.1) is 0 Å². The minimum Gasteiger partial charge on any atom is -0.395 e. The Morgan fingerprint density at radius 2 is 2.08 bits per heavy atom. The summed E-state index contributed by atoms with van der Waals surface area (Å²) < 4.78 is 2.30. The van der Waals surface area contributed by atoms with E-state index >= 15 is 0 Å². The van der Waals surface area contributed by atoms with Gasteiger partial charge in [-0.2, -0.15) is 0 Å². The van der Waals surface area contributed by atoms with Crippen molar-refractivity contribution in [1.29, 1.82) is 0 Å². The molecule has 1 aliphatic carbocycles. The van der Waals surface area contributed by atoms with Crippen molar-refractivity contribution in [3.8, 4) is 0 Å². The fourth-order valence-corrected chi connectivity index (χ4v) is 2.51. The molecular formula is C10H21NOS. The highest BCUT2D eigenvalue weighted by atomic mass is 32.2. The number of hydrogen-bond donors (Lipinski definition) is 1. The Hall–Kier alpha value is 0.270. The van der Waals surface area contributed by atoms with E-state index in [-0.39, 0.29) is 6.61 Å². The summed E-state index contributed by atoms with van der Waals surface area (Å²) in [5.74, 6) is 1.23. The summed E-state index contributed by atoms with van der Waals surface area (Å²) in [4.78, 5) is 0. The van der Waals surface area contributed by atoms with Gasteiger partial charge in [0, 0.05) is 18.8 Å². The van der Waals surface area contributed by atoms with Gasteiger partial charge in [0.05, 0.1) is 6.61 Å². The summed E-state index contributed by atoms with van der Waals surface area (Å²) in [7, 11) is 0. The van der Waals surface area contributed by atoms with Gasteiger partial charge in [0.25, 0.3) is 0 Å². The predicted octanol–water partition coefficient (Wildman–Crippen LogP) is 2.14. The first-order chi connectivity index (χ1) is 6.20. The van der Waals surface area contributed by atoms with E-state index < -0.39 is 0 Å². The van der Waals surface area contributed by atoms with Gasteiger partial charge in [0.1, 0.15) is 0 Å². The van der Waals surface area contributed by atoms with E-state index in [0.29, 0.717) is 5.41 Å². The third kappa shape index (κ3) is 4.34. The molecule has 1 fully saturated rings. The molecule has 0 radical (unpaired) electrons. The van der Waals surface area contributed by atoms with Crippen LogP contribution in [0, 0.1) is 5.41 Å². The Balaban J connectivity index is 2.13. The number of hydrogen-bond acceptors (Lipinski definition) is 3. The van der Waals surface area contributed by atoms with Crippen LogP contribution in [0.1, 0.15) is 33.1 Å². The molecule has 0 aromatic carbocycles. The molecule has 0 saturated heterocycles. The molecule has 0 spiro atoms. The average molecular weight is 203 g/mol. The van der Waals surface area contributed by atoms with E-state index in [1.807, 2.05) is 11.9 Å². The summed E-state index contributed by atoms with van der Waals surface area (Å²) in [6.45, 7) is 6.73. The van der Waals surface area contributed by atoms with Gasteiger partial charge in [-0.05, 0) is 24.7 Å². The van der Waals surface area contributed by atoms with Crippen molar-refractivity contribution in [2.45, 2.75) is 33.1 Å². The number of aliphatic hydroxyl groups is 1. The van der Waals surface area contributed by atoms with Crippen molar-refractivity contribution in [3.63, 3.8) is 0 Å². The maximum absolute atomic E-state index is 8.85. The van der Waals surface area contributed by atoms with E-state index in [0.717, 1.165) is 13.1 Å². The summed E-state index contributed by atoms with van der Waals surface area (Å²) in [6, 6.07) is 0. The predicted molar refractivity (Wildman–Crippen MR) is 58.7 cm³/mol. The molecule has 0 aromatic rings. The van der Waals surface area contributed by atoms with Gasteiger partial charge in [-0.1, -0.05) is 25.8 Å². The summed E-state index contributed by atoms with van der Waals surface area (Å²) >= 11 is 1.91. The fourth-order valence-electron chi connectivity index (χ4n) is 1.21. The van der Waals surface area contributed by atoms with E-state index in [4.69, 9.17) is 5.11 Å². The van der Waals surface area contributed by atoms with Crippen LogP contribution >= 0.6 is 11.9 Å². The lowest BCUT2D eigenvalue weighted by molar-refractivity contribution is 0.261. The molecule has 0 atom stereocenters. The highest BCUT2D eigenvalue weighted by Gasteiger charge is 2.37. The van der Waals surface area contributed by atoms with Crippen LogP contribution in [0.5, 0.6) is 0 Å². The Bertz CT molecular complexity index is 142. The fraction of sp³-hybridized carbons (Fsp3) is 1.00. The van der Waals surface area contributed by atoms with Crippen molar-refractivity contribution >= 4 is 11.9 Å². The van der Waals surface area contributed by atoms with Crippen LogP contribution in [-0.2, 0) is 0 Å². The van der Waals surface area contributed by atoms with Crippen LogP contribution in [0.2, 0.25) is 0 Å². The molecule has 0 unspecified atom stereocenters. The second-order valence-corrected chi connectivity index (χ2v) is 5.30. The van der Waals surface area contributed by atoms with E-state index in [2.05, 4.69) is 18.2 Å². The van der Waals surface area contributed by atoms with Gasteiger partial charge in [-0.25, -0.2) is 4.31 Å². The van der Waals surface area contributed by atoms with Gasteiger partial charge in [0.15, 0.2) is 0 Å². The largest absolute Gasteiger partial charge is 0.395 e. The third-order valence-corrected chi connectivity index (χ3v) is 4.08. The number of aliphatic hydroxyl groups excluding tert-OH is 1. The molecule has 2 nitrogen and oxygen atoms in total. The average Bonchev–Trinajstić information content (AvgIpc) is 2.82. The molecule has 1 rings (SSSR count). The van der Waals surface area contributed by atoms with Crippen molar-refractivity contribution in [2.75, 3.05) is 25.4 Å². The summed E-state index contributed by atoms with van der Waals surface area (Å²) in [5, 5.41) is 8.85. The first kappa shape index (κ1) is 11.3. The Labute approximate surface area is 85.8 Å². The molecule has 1 saturated carbocycles. The number of rotatable bonds is 7. The van der Waals surface area contributed by atoms with E-state index in [1.165, 1.54) is 25.0 Å². The summed E-state index contributed by atoms with van der Waals surface area (Å²) in [5.41, 5.74) is 0.617. The number of nitrogens with zero attached hydrogens (tertiary/aromatic N) is 1. The van der Waals surface area contributed by atoms with Crippen LogP contribution < -0.4 is 0 Å². The van der Waals surface area contributed by atoms with Gasteiger partial charge in [0.2, 0.25) is 0 Å². The quantitative estimate of drug-likeness (QED) is 0.641. The first-order valence-corrected chi connectivity index (χ1v) is 6.13. The van der Waals surface area contributed by atoms with Crippen LogP contribution in [0.3, 0.4) is 0 Å². The zero-order chi connectivity index (χ0) is 9.73. The molecule has 1 aliphatic rings. The lowest BCUT2D eigenvalue weighted by Gasteiger charge is -2.20. The van der Waals surface area contributed by atoms with Gasteiger partial charge in [-0.3, -0.25) is 0 Å². The van der Waals surface area contributed by atoms with E-state index in [9.17, 15) is 0 Å². The monoisotopic (exact) mass is 203 g/mol. The highest BCUT2D eigenvalue weighted by Crippen LogP contribution is 2.47. The normalized spacial score (nSPS) is 19.4. The molecule has 1 N–H and O–H groups in total. The Kier molecular flexibility index (Phi) is 4.56. The van der Waals surface area contributed by atoms with E-state index in [1.54, 1.807) is 0 Å². The summed E-state index contributed by atoms with van der Waals surface area (Å²) in [6.07, 6.45) is 3.95. The van der Waals surface area contributed by atoms with Crippen molar-refractivity contribution in [1.82, 2.24) is 4.31 Å². The molecule has 0 amide bonds. The maximum atomic E-state index is 8.85. The minimum atomic E-state index is 0.281.